The molecule has 30 heavy (non-hydrogen) atoms. The largest absolute Gasteiger partial charge is 0.504 e. The average Bonchev–Trinajstić information content (AvgIpc) is 3.18. The zero-order valence-corrected chi connectivity index (χ0v) is 16.5. The van der Waals surface area contributed by atoms with Gasteiger partial charge in [0.15, 0.2) is 11.5 Å². The number of aliphatic carboxylic acids is 1. The van der Waals surface area contributed by atoms with Gasteiger partial charge in [-0.15, -0.1) is 0 Å². The van der Waals surface area contributed by atoms with Gasteiger partial charge in [0.05, 0.1) is 25.5 Å². The standard InChI is InChI=1S/C22H22N2O6/c1-22(21(28)29)16-15(17(23-22)13-9-6-10-14(30-2)18(13)25)19(26)24(20(16)27)11-12-7-4-3-5-8-12/h3-10,15-17,23,25H,11H2,1-2H3,(H,28,29)/t15-,16+,17+,22+/m1/s1. The minimum Gasteiger partial charge on any atom is -0.504 e. The van der Waals surface area contributed by atoms with Crippen molar-refractivity contribution in [2.75, 3.05) is 7.11 Å². The fraction of sp³-hybridized carbons (Fsp3) is 0.318. The lowest BCUT2D eigenvalue weighted by Crippen LogP contribution is -2.53. The van der Waals surface area contributed by atoms with Crippen LogP contribution >= 0.6 is 0 Å². The van der Waals surface area contributed by atoms with Crippen LogP contribution in [0.4, 0.5) is 0 Å². The van der Waals surface area contributed by atoms with E-state index in [0.29, 0.717) is 5.56 Å². The van der Waals surface area contributed by atoms with E-state index in [1.54, 1.807) is 42.5 Å². The lowest BCUT2D eigenvalue weighted by Gasteiger charge is -2.27. The van der Waals surface area contributed by atoms with E-state index in [1.807, 2.05) is 6.07 Å². The molecule has 0 unspecified atom stereocenters. The topological polar surface area (TPSA) is 116 Å². The summed E-state index contributed by atoms with van der Waals surface area (Å²) in [6, 6.07) is 13.0. The van der Waals surface area contributed by atoms with Gasteiger partial charge in [-0.1, -0.05) is 42.5 Å². The van der Waals surface area contributed by atoms with Gasteiger partial charge in [-0.2, -0.15) is 0 Å². The van der Waals surface area contributed by atoms with Gasteiger partial charge in [-0.05, 0) is 18.6 Å². The number of hydrogen-bond donors (Lipinski definition) is 3. The number of hydrogen-bond acceptors (Lipinski definition) is 6. The molecule has 8 nitrogen and oxygen atoms in total. The quantitative estimate of drug-likeness (QED) is 0.643. The highest BCUT2D eigenvalue weighted by atomic mass is 16.5. The predicted molar refractivity (Wildman–Crippen MR) is 106 cm³/mol. The number of nitrogens with one attached hydrogen (secondary N) is 1. The van der Waals surface area contributed by atoms with Crippen LogP contribution in [0.1, 0.15) is 24.1 Å². The fourth-order valence-electron chi connectivity index (χ4n) is 4.54. The number of carbonyl (C=O) groups is 3. The first-order chi connectivity index (χ1) is 14.3. The summed E-state index contributed by atoms with van der Waals surface area (Å²) < 4.78 is 5.15. The molecule has 3 N–H and O–H groups in total. The summed E-state index contributed by atoms with van der Waals surface area (Å²) in [4.78, 5) is 39.8. The number of aromatic hydroxyl groups is 1. The molecular formula is C22H22N2O6. The minimum absolute atomic E-state index is 0.0675. The molecule has 0 saturated carbocycles. The van der Waals surface area contributed by atoms with Crippen molar-refractivity contribution in [2.24, 2.45) is 11.8 Å². The second-order valence-corrected chi connectivity index (χ2v) is 7.78. The number of carbonyl (C=O) groups excluding carboxylic acids is 2. The molecule has 2 fully saturated rings. The number of para-hydroxylation sites is 1. The third-order valence-corrected chi connectivity index (χ3v) is 6.09. The van der Waals surface area contributed by atoms with E-state index in [9.17, 15) is 24.6 Å². The van der Waals surface area contributed by atoms with Crippen LogP contribution in [0.5, 0.6) is 11.5 Å². The maximum absolute atomic E-state index is 13.3. The van der Waals surface area contributed by atoms with Crippen molar-refractivity contribution < 1.29 is 29.3 Å². The Kier molecular flexibility index (Phi) is 4.74. The number of nitrogens with zero attached hydrogens (tertiary/aromatic N) is 1. The number of carboxylic acid groups (broad SMARTS) is 1. The third-order valence-electron chi connectivity index (χ3n) is 6.09. The Balaban J connectivity index is 1.78. The molecule has 0 aliphatic carbocycles. The highest BCUT2D eigenvalue weighted by molar-refractivity contribution is 6.09. The van der Waals surface area contributed by atoms with Crippen LogP contribution in [-0.2, 0) is 20.9 Å². The Morgan fingerprint density at radius 3 is 2.47 bits per heavy atom. The predicted octanol–water partition coefficient (Wildman–Crippen LogP) is 1.69. The van der Waals surface area contributed by atoms with Gasteiger partial charge in [0.1, 0.15) is 5.54 Å². The Morgan fingerprint density at radius 2 is 1.83 bits per heavy atom. The summed E-state index contributed by atoms with van der Waals surface area (Å²) in [6.07, 6.45) is 0. The van der Waals surface area contributed by atoms with Crippen molar-refractivity contribution in [3.8, 4) is 11.5 Å². The van der Waals surface area contributed by atoms with E-state index in [-0.39, 0.29) is 18.0 Å². The molecule has 2 amide bonds. The number of phenolic OH excluding ortho intramolecular Hbond substituents is 1. The summed E-state index contributed by atoms with van der Waals surface area (Å²) in [7, 11) is 1.40. The minimum atomic E-state index is -1.66. The first-order valence-corrected chi connectivity index (χ1v) is 9.55. The number of amides is 2. The second kappa shape index (κ2) is 7.14. The van der Waals surface area contributed by atoms with Crippen molar-refractivity contribution in [2.45, 2.75) is 25.0 Å². The highest BCUT2D eigenvalue weighted by Gasteiger charge is 2.66. The summed E-state index contributed by atoms with van der Waals surface area (Å²) >= 11 is 0. The Morgan fingerprint density at radius 1 is 1.13 bits per heavy atom. The fourth-order valence-corrected chi connectivity index (χ4v) is 4.54. The normalized spacial score (nSPS) is 27.9. The maximum atomic E-state index is 13.3. The zero-order valence-electron chi connectivity index (χ0n) is 16.5. The lowest BCUT2D eigenvalue weighted by atomic mass is 9.80. The Labute approximate surface area is 173 Å². The number of fused-ring (bicyclic) bond motifs is 1. The van der Waals surface area contributed by atoms with Crippen LogP contribution in [0.2, 0.25) is 0 Å². The molecule has 156 valence electrons. The van der Waals surface area contributed by atoms with E-state index in [2.05, 4.69) is 5.32 Å². The summed E-state index contributed by atoms with van der Waals surface area (Å²) in [6.45, 7) is 1.47. The molecule has 2 aliphatic rings. The van der Waals surface area contributed by atoms with Crippen molar-refractivity contribution in [1.82, 2.24) is 10.2 Å². The molecule has 2 aromatic carbocycles. The van der Waals surface area contributed by atoms with Crippen LogP contribution in [0.3, 0.4) is 0 Å². The van der Waals surface area contributed by atoms with Crippen molar-refractivity contribution in [3.63, 3.8) is 0 Å². The van der Waals surface area contributed by atoms with Crippen LogP contribution in [-0.4, -0.2) is 45.5 Å². The maximum Gasteiger partial charge on any atom is 0.324 e. The molecule has 4 rings (SSSR count). The number of benzene rings is 2. The van der Waals surface area contributed by atoms with Gasteiger partial charge in [0.25, 0.3) is 0 Å². The van der Waals surface area contributed by atoms with Gasteiger partial charge in [0.2, 0.25) is 11.8 Å². The van der Waals surface area contributed by atoms with Crippen LogP contribution < -0.4 is 10.1 Å². The number of imide groups is 1. The second-order valence-electron chi connectivity index (χ2n) is 7.78. The summed E-state index contributed by atoms with van der Waals surface area (Å²) in [5.74, 6) is -4.26. The number of carboxylic acids is 1. The van der Waals surface area contributed by atoms with Gasteiger partial charge in [0, 0.05) is 11.6 Å². The molecule has 2 aromatic rings. The van der Waals surface area contributed by atoms with E-state index in [0.717, 1.165) is 10.5 Å². The van der Waals surface area contributed by atoms with E-state index >= 15 is 0 Å². The van der Waals surface area contributed by atoms with Gasteiger partial charge in [-0.25, -0.2) is 0 Å². The molecule has 0 aromatic heterocycles. The molecule has 4 atom stereocenters. The molecule has 2 aliphatic heterocycles. The zero-order chi connectivity index (χ0) is 21.6. The van der Waals surface area contributed by atoms with Gasteiger partial charge < -0.3 is 14.9 Å². The average molecular weight is 410 g/mol. The number of likely N-dealkylation sites (tertiary alicyclic amines) is 1. The molecular weight excluding hydrogens is 388 g/mol. The van der Waals surface area contributed by atoms with Crippen molar-refractivity contribution in [1.29, 1.82) is 0 Å². The molecule has 0 radical (unpaired) electrons. The summed E-state index contributed by atoms with van der Waals surface area (Å²) in [5, 5.41) is 23.5. The lowest BCUT2D eigenvalue weighted by molar-refractivity contribution is -0.150. The number of rotatable bonds is 5. The van der Waals surface area contributed by atoms with E-state index < -0.39 is 41.2 Å². The molecule has 0 bridgehead atoms. The molecule has 0 spiro atoms. The number of phenols is 1. The van der Waals surface area contributed by atoms with E-state index in [4.69, 9.17) is 4.74 Å². The van der Waals surface area contributed by atoms with Gasteiger partial charge >= 0.3 is 5.97 Å². The van der Waals surface area contributed by atoms with Crippen molar-refractivity contribution >= 4 is 17.8 Å². The van der Waals surface area contributed by atoms with E-state index in [1.165, 1.54) is 14.0 Å². The smallest absolute Gasteiger partial charge is 0.324 e. The highest BCUT2D eigenvalue weighted by Crippen LogP contribution is 2.51. The third kappa shape index (κ3) is 2.83. The first kappa shape index (κ1) is 19.9. The molecule has 8 heteroatoms. The summed E-state index contributed by atoms with van der Waals surface area (Å²) in [5.41, 5.74) is -0.578. The van der Waals surface area contributed by atoms with Crippen molar-refractivity contribution in [3.05, 3.63) is 59.7 Å². The number of ether oxygens (including phenoxy) is 1. The SMILES string of the molecule is COc1cccc([C@@H]2N[C@](C)(C(=O)O)[C@@H]3C(=O)N(Cc4ccccc4)C(=O)[C@H]32)c1O. The molecule has 2 heterocycles. The Hall–Kier alpha value is -3.39. The number of methoxy groups -OCH3 is 1. The Bertz CT molecular complexity index is 1020. The van der Waals surface area contributed by atoms with Crippen LogP contribution in [0, 0.1) is 11.8 Å². The van der Waals surface area contributed by atoms with Crippen LogP contribution in [0.15, 0.2) is 48.5 Å². The van der Waals surface area contributed by atoms with Crippen LogP contribution in [0.25, 0.3) is 0 Å². The van der Waals surface area contributed by atoms with Gasteiger partial charge in [-0.3, -0.25) is 24.6 Å². The monoisotopic (exact) mass is 410 g/mol. The first-order valence-electron chi connectivity index (χ1n) is 9.55. The molecule has 2 saturated heterocycles.